The average Bonchev–Trinajstić information content (AvgIpc) is 2.18. The van der Waals surface area contributed by atoms with Gasteiger partial charge in [-0.25, -0.2) is 4.98 Å². The molecule has 15 heavy (non-hydrogen) atoms. The molecule has 0 aromatic carbocycles. The van der Waals surface area contributed by atoms with Crippen LogP contribution in [0.15, 0.2) is 18.2 Å². The zero-order valence-electron chi connectivity index (χ0n) is 9.42. The summed E-state index contributed by atoms with van der Waals surface area (Å²) in [5, 5.41) is 2.79. The van der Waals surface area contributed by atoms with Crippen molar-refractivity contribution in [2.45, 2.75) is 39.5 Å². The summed E-state index contributed by atoms with van der Waals surface area (Å²) in [6.45, 7) is 4.03. The number of carbonyl (C=O) groups excluding carboxylic acids is 1. The predicted molar refractivity (Wildman–Crippen MR) is 63.9 cm³/mol. The molecular weight excluding hydrogens is 188 g/mol. The number of nitrogens with zero attached hydrogens (tertiary/aromatic N) is 1. The van der Waals surface area contributed by atoms with E-state index in [-0.39, 0.29) is 7.33 Å². The molecule has 1 N–H and O–H groups in total. The van der Waals surface area contributed by atoms with Crippen LogP contribution in [-0.4, -0.2) is 10.9 Å². The topological polar surface area (TPSA) is 42.0 Å². The summed E-state index contributed by atoms with van der Waals surface area (Å²) in [6.07, 6.45) is 3.78. The summed E-state index contributed by atoms with van der Waals surface area (Å²) in [6, 6.07) is 5.61. The van der Waals surface area contributed by atoms with Crippen molar-refractivity contribution in [2.75, 3.05) is 5.32 Å². The highest BCUT2D eigenvalue weighted by Crippen LogP contribution is 2.06. The third kappa shape index (κ3) is 4.58. The van der Waals surface area contributed by atoms with Gasteiger partial charge in [0, 0.05) is 13.5 Å². The van der Waals surface area contributed by atoms with Crippen LogP contribution in [0.5, 0.6) is 0 Å². The third-order valence-electron chi connectivity index (χ3n) is 2.16. The largest absolute Gasteiger partial charge is 0.311 e. The van der Waals surface area contributed by atoms with Crippen LogP contribution in [-0.2, 0) is 4.79 Å². The molecule has 1 aromatic heterocycles. The van der Waals surface area contributed by atoms with Crippen LogP contribution in [0, 0.1) is 6.92 Å². The monoisotopic (exact) mass is 208 g/mol. The Morgan fingerprint density at radius 3 is 2.93 bits per heavy atom. The molecule has 0 spiro atoms. The Morgan fingerprint density at radius 2 is 2.27 bits per heavy atom. The molecule has 0 aliphatic rings. The zero-order valence-corrected chi connectivity index (χ0v) is 9.42. The molecule has 0 fully saturated rings. The normalized spacial score (nSPS) is 10.0. The maximum Gasteiger partial charge on any atom is 0.225 e. The van der Waals surface area contributed by atoms with Gasteiger partial charge in [0.05, 0.1) is 0 Å². The quantitative estimate of drug-likeness (QED) is 0.755. The summed E-state index contributed by atoms with van der Waals surface area (Å²) in [5.41, 5.74) is 0.918. The SMILES string of the molecule is CCCCCC(=O)Nc1cccc(C)n1.[HH]. The Kier molecular flexibility index (Phi) is 4.81. The molecule has 1 heterocycles. The lowest BCUT2D eigenvalue weighted by Crippen LogP contribution is -2.12. The molecule has 1 rings (SSSR count). The minimum absolute atomic E-state index is 0. The molecule has 0 saturated carbocycles. The van der Waals surface area contributed by atoms with Gasteiger partial charge in [0.1, 0.15) is 5.82 Å². The Balaban J connectivity index is 0.00000225. The summed E-state index contributed by atoms with van der Waals surface area (Å²) >= 11 is 0. The molecule has 0 atom stereocenters. The number of hydrogen-bond donors (Lipinski definition) is 1. The van der Waals surface area contributed by atoms with Crippen molar-refractivity contribution >= 4 is 11.7 Å². The molecular formula is C12H20N2O. The van der Waals surface area contributed by atoms with E-state index in [4.69, 9.17) is 0 Å². The van der Waals surface area contributed by atoms with Gasteiger partial charge in [-0.3, -0.25) is 4.79 Å². The van der Waals surface area contributed by atoms with Crippen molar-refractivity contribution in [3.63, 3.8) is 0 Å². The Labute approximate surface area is 92.4 Å². The van der Waals surface area contributed by atoms with E-state index in [0.717, 1.165) is 25.0 Å². The van der Waals surface area contributed by atoms with E-state index in [9.17, 15) is 4.79 Å². The molecule has 3 nitrogen and oxygen atoms in total. The number of aromatic nitrogens is 1. The van der Waals surface area contributed by atoms with Crippen LogP contribution < -0.4 is 5.32 Å². The van der Waals surface area contributed by atoms with E-state index in [1.807, 2.05) is 25.1 Å². The highest BCUT2D eigenvalue weighted by Gasteiger charge is 2.02. The smallest absolute Gasteiger partial charge is 0.225 e. The first kappa shape index (κ1) is 11.7. The second-order valence-electron chi connectivity index (χ2n) is 3.67. The number of pyridine rings is 1. The van der Waals surface area contributed by atoms with Crippen LogP contribution in [0.3, 0.4) is 0 Å². The predicted octanol–water partition coefficient (Wildman–Crippen LogP) is 3.15. The maximum absolute atomic E-state index is 11.4. The first-order valence-corrected chi connectivity index (χ1v) is 5.46. The summed E-state index contributed by atoms with van der Waals surface area (Å²) < 4.78 is 0. The van der Waals surface area contributed by atoms with Gasteiger partial charge in [-0.2, -0.15) is 0 Å². The highest BCUT2D eigenvalue weighted by atomic mass is 16.1. The third-order valence-corrected chi connectivity index (χ3v) is 2.16. The van der Waals surface area contributed by atoms with Gasteiger partial charge in [0.25, 0.3) is 0 Å². The minimum atomic E-state index is 0. The van der Waals surface area contributed by atoms with Gasteiger partial charge in [-0.1, -0.05) is 25.8 Å². The van der Waals surface area contributed by atoms with Crippen LogP contribution in [0.4, 0.5) is 5.82 Å². The molecule has 0 aliphatic carbocycles. The van der Waals surface area contributed by atoms with Gasteiger partial charge >= 0.3 is 0 Å². The van der Waals surface area contributed by atoms with E-state index >= 15 is 0 Å². The number of rotatable bonds is 5. The second-order valence-corrected chi connectivity index (χ2v) is 3.67. The van der Waals surface area contributed by atoms with Gasteiger partial charge in [-0.05, 0) is 25.5 Å². The fourth-order valence-electron chi connectivity index (χ4n) is 1.35. The van der Waals surface area contributed by atoms with Crippen molar-refractivity contribution in [3.05, 3.63) is 23.9 Å². The van der Waals surface area contributed by atoms with Crippen molar-refractivity contribution < 1.29 is 6.22 Å². The van der Waals surface area contributed by atoms with Gasteiger partial charge in [-0.15, -0.1) is 0 Å². The van der Waals surface area contributed by atoms with Crippen LogP contribution in [0.25, 0.3) is 0 Å². The first-order valence-electron chi connectivity index (χ1n) is 5.46. The maximum atomic E-state index is 11.4. The molecule has 0 saturated heterocycles. The number of nitrogens with one attached hydrogen (secondary N) is 1. The standard InChI is InChI=1S/C12H18N2O.H2/c1-3-4-5-9-12(15)14-11-8-6-7-10(2)13-11;/h6-8H,3-5,9H2,1-2H3,(H,13,14,15);1H. The molecule has 0 unspecified atom stereocenters. The molecule has 1 amide bonds. The summed E-state index contributed by atoms with van der Waals surface area (Å²) in [4.78, 5) is 15.7. The van der Waals surface area contributed by atoms with Gasteiger partial charge in [0.15, 0.2) is 0 Å². The van der Waals surface area contributed by atoms with Crippen molar-refractivity contribution in [1.82, 2.24) is 4.98 Å². The van der Waals surface area contributed by atoms with Crippen molar-refractivity contribution in [1.29, 1.82) is 0 Å². The number of anilines is 1. The number of amides is 1. The van der Waals surface area contributed by atoms with E-state index in [0.29, 0.717) is 12.2 Å². The number of aryl methyl sites for hydroxylation is 1. The molecule has 0 aliphatic heterocycles. The number of hydrogen-bond acceptors (Lipinski definition) is 2. The number of unbranched alkanes of at least 4 members (excludes halogenated alkanes) is 2. The minimum Gasteiger partial charge on any atom is -0.311 e. The molecule has 1 aromatic rings. The Hall–Kier alpha value is -1.38. The Bertz CT molecular complexity index is 329. The Morgan fingerprint density at radius 1 is 1.47 bits per heavy atom. The summed E-state index contributed by atoms with van der Waals surface area (Å²) in [7, 11) is 0. The molecule has 84 valence electrons. The van der Waals surface area contributed by atoms with Gasteiger partial charge in [0.2, 0.25) is 5.91 Å². The highest BCUT2D eigenvalue weighted by molar-refractivity contribution is 5.89. The van der Waals surface area contributed by atoms with Gasteiger partial charge < -0.3 is 5.32 Å². The van der Waals surface area contributed by atoms with Crippen LogP contribution in [0.1, 0.15) is 39.7 Å². The lowest BCUT2D eigenvalue weighted by Gasteiger charge is -2.04. The lowest BCUT2D eigenvalue weighted by molar-refractivity contribution is -0.116. The average molecular weight is 208 g/mol. The zero-order chi connectivity index (χ0) is 11.1. The van der Waals surface area contributed by atoms with E-state index in [1.165, 1.54) is 0 Å². The fourth-order valence-corrected chi connectivity index (χ4v) is 1.35. The second kappa shape index (κ2) is 6.17. The fraction of sp³-hybridized carbons (Fsp3) is 0.500. The van der Waals surface area contributed by atoms with Crippen molar-refractivity contribution in [3.8, 4) is 0 Å². The summed E-state index contributed by atoms with van der Waals surface area (Å²) in [5.74, 6) is 0.707. The van der Waals surface area contributed by atoms with E-state index in [2.05, 4.69) is 17.2 Å². The molecule has 0 bridgehead atoms. The van der Waals surface area contributed by atoms with Crippen molar-refractivity contribution in [2.24, 2.45) is 0 Å². The molecule has 0 radical (unpaired) electrons. The van der Waals surface area contributed by atoms with E-state index in [1.54, 1.807) is 0 Å². The molecule has 3 heteroatoms. The lowest BCUT2D eigenvalue weighted by atomic mass is 10.2. The van der Waals surface area contributed by atoms with E-state index < -0.39 is 0 Å². The van der Waals surface area contributed by atoms with Crippen LogP contribution >= 0.6 is 0 Å². The van der Waals surface area contributed by atoms with Crippen LogP contribution in [0.2, 0.25) is 0 Å². The number of carbonyl (C=O) groups is 1. The first-order chi connectivity index (χ1) is 7.22.